The third-order valence-electron chi connectivity index (χ3n) is 0.421. The van der Waals surface area contributed by atoms with Gasteiger partial charge < -0.3 is 5.73 Å². The summed E-state index contributed by atoms with van der Waals surface area (Å²) in [5, 5.41) is 0. The summed E-state index contributed by atoms with van der Waals surface area (Å²) in [4.78, 5) is 9.82. The van der Waals surface area contributed by atoms with E-state index < -0.39 is 5.91 Å². The Hall–Kier alpha value is -0.870. The summed E-state index contributed by atoms with van der Waals surface area (Å²) in [5.74, 6) is 7.56. The maximum atomic E-state index is 9.82. The molecule has 0 fully saturated rings. The number of hydrogen-bond acceptors (Lipinski definition) is 3. The SMILES string of the molecule is C=C(C)C(N)=O.NN. The summed E-state index contributed by atoms with van der Waals surface area (Å²) in [5.41, 5.74) is 5.09. The number of primary amides is 1. The van der Waals surface area contributed by atoms with Crippen molar-refractivity contribution >= 4 is 5.91 Å². The highest BCUT2D eigenvalue weighted by molar-refractivity contribution is 5.90. The third-order valence-corrected chi connectivity index (χ3v) is 0.421. The molecule has 6 N–H and O–H groups in total. The van der Waals surface area contributed by atoms with Crippen LogP contribution in [0.15, 0.2) is 12.2 Å². The standard InChI is InChI=1S/C4H7NO.H4N2/c1-3(2)4(5)6;1-2/h1H2,2H3,(H2,5,6);1-2H2. The van der Waals surface area contributed by atoms with Gasteiger partial charge >= 0.3 is 0 Å². The Morgan fingerprint density at radius 1 is 1.50 bits per heavy atom. The van der Waals surface area contributed by atoms with Gasteiger partial charge in [-0.2, -0.15) is 0 Å². The van der Waals surface area contributed by atoms with Crippen LogP contribution in [0.1, 0.15) is 6.92 Å². The van der Waals surface area contributed by atoms with Crippen LogP contribution in [-0.2, 0) is 4.79 Å². The molecule has 0 rings (SSSR count). The topological polar surface area (TPSA) is 95.1 Å². The Kier molecular flexibility index (Phi) is 7.80. The molecular formula is C4H11N3O. The number of rotatable bonds is 1. The number of carbonyl (C=O) groups excluding carboxylic acids is 1. The van der Waals surface area contributed by atoms with Crippen LogP contribution >= 0.6 is 0 Å². The van der Waals surface area contributed by atoms with Crippen molar-refractivity contribution in [2.75, 3.05) is 0 Å². The molecule has 0 aromatic rings. The summed E-state index contributed by atoms with van der Waals surface area (Å²) >= 11 is 0. The van der Waals surface area contributed by atoms with Crippen molar-refractivity contribution in [3.63, 3.8) is 0 Å². The Morgan fingerprint density at radius 3 is 1.62 bits per heavy atom. The summed E-state index contributed by atoms with van der Waals surface area (Å²) in [7, 11) is 0. The van der Waals surface area contributed by atoms with Crippen LogP contribution in [0.25, 0.3) is 0 Å². The number of hydrazine groups is 1. The van der Waals surface area contributed by atoms with Crippen LogP contribution in [0, 0.1) is 0 Å². The lowest BCUT2D eigenvalue weighted by atomic mass is 10.3. The summed E-state index contributed by atoms with van der Waals surface area (Å²) in [6.45, 7) is 4.85. The quantitative estimate of drug-likeness (QED) is 0.230. The minimum Gasteiger partial charge on any atom is -0.366 e. The molecule has 0 aliphatic carbocycles. The van der Waals surface area contributed by atoms with Crippen LogP contribution < -0.4 is 17.4 Å². The largest absolute Gasteiger partial charge is 0.366 e. The van der Waals surface area contributed by atoms with Gasteiger partial charge in [-0.3, -0.25) is 16.5 Å². The van der Waals surface area contributed by atoms with Crippen LogP contribution in [-0.4, -0.2) is 5.91 Å². The molecule has 0 spiro atoms. The molecule has 4 nitrogen and oxygen atoms in total. The van der Waals surface area contributed by atoms with Crippen molar-refractivity contribution in [1.29, 1.82) is 0 Å². The van der Waals surface area contributed by atoms with Gasteiger partial charge in [-0.05, 0) is 6.92 Å². The van der Waals surface area contributed by atoms with E-state index in [4.69, 9.17) is 5.73 Å². The first kappa shape index (κ1) is 10.2. The van der Waals surface area contributed by atoms with Gasteiger partial charge in [0.2, 0.25) is 5.91 Å². The molecule has 8 heavy (non-hydrogen) atoms. The van der Waals surface area contributed by atoms with E-state index in [1.54, 1.807) is 6.92 Å². The van der Waals surface area contributed by atoms with E-state index in [9.17, 15) is 4.79 Å². The second-order valence-electron chi connectivity index (χ2n) is 1.14. The van der Waals surface area contributed by atoms with Crippen LogP contribution in [0.4, 0.5) is 0 Å². The molecule has 0 unspecified atom stereocenters. The van der Waals surface area contributed by atoms with Crippen molar-refractivity contribution < 1.29 is 4.79 Å². The lowest BCUT2D eigenvalue weighted by molar-refractivity contribution is -0.114. The number of amides is 1. The zero-order valence-corrected chi connectivity index (χ0v) is 4.85. The summed E-state index contributed by atoms with van der Waals surface area (Å²) in [6.07, 6.45) is 0. The molecular weight excluding hydrogens is 106 g/mol. The fourth-order valence-corrected chi connectivity index (χ4v) is 0. The van der Waals surface area contributed by atoms with E-state index >= 15 is 0 Å². The van der Waals surface area contributed by atoms with Gasteiger partial charge in [-0.15, -0.1) is 0 Å². The molecule has 1 amide bonds. The number of nitrogens with two attached hydrogens (primary N) is 3. The average molecular weight is 117 g/mol. The molecule has 0 aromatic carbocycles. The van der Waals surface area contributed by atoms with E-state index in [2.05, 4.69) is 18.3 Å². The second-order valence-corrected chi connectivity index (χ2v) is 1.14. The molecule has 4 heteroatoms. The highest BCUT2D eigenvalue weighted by Gasteiger charge is 1.86. The van der Waals surface area contributed by atoms with Crippen LogP contribution in [0.5, 0.6) is 0 Å². The first-order valence-electron chi connectivity index (χ1n) is 1.93. The van der Waals surface area contributed by atoms with Crippen LogP contribution in [0.2, 0.25) is 0 Å². The van der Waals surface area contributed by atoms with Gasteiger partial charge in [0.05, 0.1) is 0 Å². The fourth-order valence-electron chi connectivity index (χ4n) is 0. The van der Waals surface area contributed by atoms with Gasteiger partial charge in [0.1, 0.15) is 0 Å². The third kappa shape index (κ3) is 8.93. The van der Waals surface area contributed by atoms with Gasteiger partial charge in [0.25, 0.3) is 0 Å². The smallest absolute Gasteiger partial charge is 0.243 e. The molecule has 0 saturated carbocycles. The van der Waals surface area contributed by atoms with Crippen molar-refractivity contribution in [2.45, 2.75) is 6.92 Å². The average Bonchev–Trinajstić information content (AvgIpc) is 1.72. The van der Waals surface area contributed by atoms with Gasteiger partial charge in [-0.1, -0.05) is 6.58 Å². The molecule has 0 saturated heterocycles. The monoisotopic (exact) mass is 117 g/mol. The van der Waals surface area contributed by atoms with E-state index in [1.807, 2.05) is 0 Å². The zero-order chi connectivity index (χ0) is 7.15. The predicted molar refractivity (Wildman–Crippen MR) is 32.4 cm³/mol. The minimum absolute atomic E-state index is 0.398. The van der Waals surface area contributed by atoms with E-state index in [0.29, 0.717) is 5.57 Å². The van der Waals surface area contributed by atoms with E-state index in [1.165, 1.54) is 0 Å². The Labute approximate surface area is 48.3 Å². The van der Waals surface area contributed by atoms with E-state index in [-0.39, 0.29) is 0 Å². The van der Waals surface area contributed by atoms with Crippen molar-refractivity contribution in [3.8, 4) is 0 Å². The first-order chi connectivity index (χ1) is 3.64. The number of hydrogen-bond donors (Lipinski definition) is 3. The molecule has 0 aliphatic heterocycles. The lowest BCUT2D eigenvalue weighted by Crippen LogP contribution is -2.10. The van der Waals surface area contributed by atoms with Crippen molar-refractivity contribution in [3.05, 3.63) is 12.2 Å². The summed E-state index contributed by atoms with van der Waals surface area (Å²) in [6, 6.07) is 0. The Balaban J connectivity index is 0. The van der Waals surface area contributed by atoms with Crippen molar-refractivity contribution in [2.24, 2.45) is 17.4 Å². The van der Waals surface area contributed by atoms with Gasteiger partial charge in [0, 0.05) is 5.57 Å². The van der Waals surface area contributed by atoms with Gasteiger partial charge in [-0.25, -0.2) is 0 Å². The molecule has 0 radical (unpaired) electrons. The predicted octanol–water partition coefficient (Wildman–Crippen LogP) is -1.13. The highest BCUT2D eigenvalue weighted by Crippen LogP contribution is 1.78. The minimum atomic E-state index is -0.435. The molecule has 0 atom stereocenters. The maximum Gasteiger partial charge on any atom is 0.243 e. The Bertz CT molecular complexity index is 77.3. The molecule has 48 valence electrons. The molecule has 0 aliphatic rings. The molecule has 0 bridgehead atoms. The normalized spacial score (nSPS) is 6.38. The highest BCUT2D eigenvalue weighted by atomic mass is 16.1. The first-order valence-corrected chi connectivity index (χ1v) is 1.93. The molecule has 0 aromatic heterocycles. The Morgan fingerprint density at radius 2 is 1.62 bits per heavy atom. The van der Waals surface area contributed by atoms with E-state index in [0.717, 1.165) is 0 Å². The number of carbonyl (C=O) groups is 1. The second kappa shape index (κ2) is 6.13. The lowest BCUT2D eigenvalue weighted by Gasteiger charge is -1.81. The zero-order valence-electron chi connectivity index (χ0n) is 4.85. The van der Waals surface area contributed by atoms with Gasteiger partial charge in [0.15, 0.2) is 0 Å². The molecule has 0 heterocycles. The maximum absolute atomic E-state index is 9.82. The van der Waals surface area contributed by atoms with Crippen LogP contribution in [0.3, 0.4) is 0 Å². The van der Waals surface area contributed by atoms with Crippen molar-refractivity contribution in [1.82, 2.24) is 0 Å². The summed E-state index contributed by atoms with van der Waals surface area (Å²) < 4.78 is 0. The fraction of sp³-hybridized carbons (Fsp3) is 0.250.